The Morgan fingerprint density at radius 3 is 2.71 bits per heavy atom. The molecule has 0 aliphatic heterocycles. The molecular weight excluding hydrogens is 364 g/mol. The molecule has 0 aliphatic carbocycles. The topological polar surface area (TPSA) is 24.9 Å². The van der Waals surface area contributed by atoms with E-state index in [2.05, 4.69) is 67.3 Å². The van der Waals surface area contributed by atoms with E-state index in [0.717, 1.165) is 19.6 Å². The first-order valence-corrected chi connectivity index (χ1v) is 7.60. The van der Waals surface area contributed by atoms with Crippen molar-refractivity contribution in [3.05, 3.63) is 43.2 Å². The summed E-state index contributed by atoms with van der Waals surface area (Å²) in [6.07, 6.45) is 1.84. The summed E-state index contributed by atoms with van der Waals surface area (Å²) < 4.78 is 2.06. The largest absolute Gasteiger partial charge is 0.376 e. The summed E-state index contributed by atoms with van der Waals surface area (Å²) in [5.41, 5.74) is 2.18. The maximum absolute atomic E-state index is 4.28. The zero-order valence-corrected chi connectivity index (χ0v) is 13.5. The first-order valence-electron chi connectivity index (χ1n) is 5.20. The van der Waals surface area contributed by atoms with Gasteiger partial charge in [0.05, 0.1) is 21.7 Å². The van der Waals surface area contributed by atoms with E-state index >= 15 is 0 Å². The molecule has 17 heavy (non-hydrogen) atoms. The number of rotatable bonds is 3. The Labute approximate surface area is 122 Å². The van der Waals surface area contributed by atoms with Crippen molar-refractivity contribution in [2.75, 3.05) is 5.32 Å². The van der Waals surface area contributed by atoms with Gasteiger partial charge in [-0.3, -0.25) is 0 Å². The fourth-order valence-corrected chi connectivity index (χ4v) is 3.16. The molecule has 2 aromatic heterocycles. The van der Waals surface area contributed by atoms with Crippen molar-refractivity contribution in [1.29, 1.82) is 0 Å². The standard InChI is InChI=1S/C12H12Br2N2S/c1-7-5-9(6-15-12(7)14)16-8(2)10-3-4-11(13)17-10/h3-6,8,16H,1-2H3. The highest BCUT2D eigenvalue weighted by atomic mass is 79.9. The fraction of sp³-hybridized carbons (Fsp3) is 0.250. The molecular formula is C12H12Br2N2S. The lowest BCUT2D eigenvalue weighted by atomic mass is 10.2. The molecule has 2 aromatic rings. The maximum Gasteiger partial charge on any atom is 0.109 e. The lowest BCUT2D eigenvalue weighted by Crippen LogP contribution is -2.05. The van der Waals surface area contributed by atoms with Crippen molar-refractivity contribution in [1.82, 2.24) is 4.98 Å². The highest BCUT2D eigenvalue weighted by Gasteiger charge is 2.08. The van der Waals surface area contributed by atoms with Gasteiger partial charge in [0.2, 0.25) is 0 Å². The molecule has 0 amide bonds. The molecule has 2 rings (SSSR count). The van der Waals surface area contributed by atoms with Crippen molar-refractivity contribution in [2.45, 2.75) is 19.9 Å². The highest BCUT2D eigenvalue weighted by Crippen LogP contribution is 2.29. The third-order valence-corrected chi connectivity index (χ3v) is 5.05. The number of aryl methyl sites for hydroxylation is 1. The molecule has 0 saturated carbocycles. The first-order chi connectivity index (χ1) is 8.06. The number of halogens is 2. The van der Waals surface area contributed by atoms with Crippen LogP contribution in [0.5, 0.6) is 0 Å². The van der Waals surface area contributed by atoms with E-state index in [1.165, 1.54) is 4.88 Å². The van der Waals surface area contributed by atoms with Crippen molar-refractivity contribution < 1.29 is 0 Å². The van der Waals surface area contributed by atoms with Crippen LogP contribution in [0.2, 0.25) is 0 Å². The quantitative estimate of drug-likeness (QED) is 0.750. The minimum atomic E-state index is 0.286. The van der Waals surface area contributed by atoms with Gasteiger partial charge in [0, 0.05) is 4.88 Å². The molecule has 1 N–H and O–H groups in total. The second-order valence-electron chi connectivity index (χ2n) is 3.84. The Morgan fingerprint density at radius 2 is 2.12 bits per heavy atom. The summed E-state index contributed by atoms with van der Waals surface area (Å²) in [7, 11) is 0. The Kier molecular flexibility index (Phi) is 4.22. The van der Waals surface area contributed by atoms with Crippen LogP contribution in [0, 0.1) is 6.92 Å². The molecule has 5 heteroatoms. The van der Waals surface area contributed by atoms with Crippen LogP contribution in [0.4, 0.5) is 5.69 Å². The van der Waals surface area contributed by atoms with Crippen LogP contribution in [0.1, 0.15) is 23.4 Å². The smallest absolute Gasteiger partial charge is 0.109 e. The summed E-state index contributed by atoms with van der Waals surface area (Å²) in [5.74, 6) is 0. The highest BCUT2D eigenvalue weighted by molar-refractivity contribution is 9.11. The van der Waals surface area contributed by atoms with Gasteiger partial charge in [-0.2, -0.15) is 0 Å². The van der Waals surface area contributed by atoms with Crippen LogP contribution in [0.15, 0.2) is 32.8 Å². The number of thiophene rings is 1. The van der Waals surface area contributed by atoms with E-state index in [1.54, 1.807) is 11.3 Å². The monoisotopic (exact) mass is 374 g/mol. The molecule has 1 unspecified atom stereocenters. The Hall–Kier alpha value is -0.390. The van der Waals surface area contributed by atoms with Crippen molar-refractivity contribution in [3.63, 3.8) is 0 Å². The minimum absolute atomic E-state index is 0.286. The molecule has 0 fully saturated rings. The predicted octanol–water partition coefficient (Wildman–Crippen LogP) is 5.15. The van der Waals surface area contributed by atoms with Gasteiger partial charge >= 0.3 is 0 Å². The molecule has 0 saturated heterocycles. The molecule has 1 atom stereocenters. The van der Waals surface area contributed by atoms with Gasteiger partial charge in [0.1, 0.15) is 4.60 Å². The molecule has 2 heterocycles. The van der Waals surface area contributed by atoms with Crippen LogP contribution in [0.25, 0.3) is 0 Å². The minimum Gasteiger partial charge on any atom is -0.376 e. The van der Waals surface area contributed by atoms with E-state index < -0.39 is 0 Å². The summed E-state index contributed by atoms with van der Waals surface area (Å²) in [4.78, 5) is 5.58. The normalized spacial score (nSPS) is 12.5. The van der Waals surface area contributed by atoms with E-state index in [-0.39, 0.29) is 6.04 Å². The number of nitrogens with zero attached hydrogens (tertiary/aromatic N) is 1. The number of hydrogen-bond acceptors (Lipinski definition) is 3. The molecule has 0 aromatic carbocycles. The Bertz CT molecular complexity index is 525. The van der Waals surface area contributed by atoms with Gasteiger partial charge in [-0.1, -0.05) is 0 Å². The average molecular weight is 376 g/mol. The second kappa shape index (κ2) is 5.50. The van der Waals surface area contributed by atoms with Crippen molar-refractivity contribution in [2.24, 2.45) is 0 Å². The molecule has 0 spiro atoms. The van der Waals surface area contributed by atoms with E-state index in [9.17, 15) is 0 Å². The SMILES string of the molecule is Cc1cc(NC(C)c2ccc(Br)s2)cnc1Br. The van der Waals surface area contributed by atoms with E-state index in [0.29, 0.717) is 0 Å². The number of hydrogen-bond donors (Lipinski definition) is 1. The van der Waals surface area contributed by atoms with Crippen LogP contribution < -0.4 is 5.32 Å². The van der Waals surface area contributed by atoms with Gasteiger partial charge < -0.3 is 5.32 Å². The van der Waals surface area contributed by atoms with Crippen LogP contribution in [0.3, 0.4) is 0 Å². The predicted molar refractivity (Wildman–Crippen MR) is 80.7 cm³/mol. The second-order valence-corrected chi connectivity index (χ2v) is 7.09. The summed E-state index contributed by atoms with van der Waals surface area (Å²) >= 11 is 8.63. The lowest BCUT2D eigenvalue weighted by Gasteiger charge is -2.14. The molecule has 0 bridgehead atoms. The number of nitrogens with one attached hydrogen (secondary N) is 1. The van der Waals surface area contributed by atoms with E-state index in [4.69, 9.17) is 0 Å². The van der Waals surface area contributed by atoms with Crippen molar-refractivity contribution in [3.8, 4) is 0 Å². The molecule has 0 aliphatic rings. The zero-order valence-electron chi connectivity index (χ0n) is 9.50. The van der Waals surface area contributed by atoms with Crippen LogP contribution >= 0.6 is 43.2 Å². The van der Waals surface area contributed by atoms with Gasteiger partial charge in [0.25, 0.3) is 0 Å². The number of anilines is 1. The number of aromatic nitrogens is 1. The Balaban J connectivity index is 2.12. The third-order valence-electron chi connectivity index (χ3n) is 2.42. The van der Waals surface area contributed by atoms with Crippen LogP contribution in [-0.4, -0.2) is 4.98 Å². The summed E-state index contributed by atoms with van der Waals surface area (Å²) in [6, 6.07) is 6.58. The molecule has 0 radical (unpaired) electrons. The Morgan fingerprint density at radius 1 is 1.35 bits per heavy atom. The fourth-order valence-electron chi connectivity index (χ4n) is 1.52. The summed E-state index contributed by atoms with van der Waals surface area (Å²) in [6.45, 7) is 4.18. The van der Waals surface area contributed by atoms with Crippen molar-refractivity contribution >= 4 is 48.9 Å². The molecule has 2 nitrogen and oxygen atoms in total. The van der Waals surface area contributed by atoms with Crippen LogP contribution in [-0.2, 0) is 0 Å². The summed E-state index contributed by atoms with van der Waals surface area (Å²) in [5, 5.41) is 3.45. The van der Waals surface area contributed by atoms with Gasteiger partial charge in [0.15, 0.2) is 0 Å². The third kappa shape index (κ3) is 3.30. The van der Waals surface area contributed by atoms with E-state index in [1.807, 2.05) is 13.1 Å². The van der Waals surface area contributed by atoms with Gasteiger partial charge in [-0.25, -0.2) is 4.98 Å². The average Bonchev–Trinajstić information content (AvgIpc) is 2.70. The first kappa shape index (κ1) is 13.1. The van der Waals surface area contributed by atoms with Gasteiger partial charge in [-0.15, -0.1) is 11.3 Å². The zero-order chi connectivity index (χ0) is 12.4. The van der Waals surface area contributed by atoms with Gasteiger partial charge in [-0.05, 0) is 69.5 Å². The maximum atomic E-state index is 4.28. The lowest BCUT2D eigenvalue weighted by molar-refractivity contribution is 0.904. The number of pyridine rings is 1. The molecule has 90 valence electrons.